The molecular formula is C11H14BrN3O2. The Hall–Kier alpha value is -1.14. The number of carbonyl (C=O) groups is 1. The predicted molar refractivity (Wildman–Crippen MR) is 67.0 cm³/mol. The molecule has 2 rings (SSSR count). The Bertz CT molecular complexity index is 419. The molecule has 2 heterocycles. The van der Waals surface area contributed by atoms with Crippen LogP contribution in [0.4, 0.5) is 0 Å². The smallest absolute Gasteiger partial charge is 0.254 e. The number of primary amides is 1. The van der Waals surface area contributed by atoms with Crippen LogP contribution in [0.25, 0.3) is 0 Å². The van der Waals surface area contributed by atoms with Gasteiger partial charge in [-0.2, -0.15) is 0 Å². The van der Waals surface area contributed by atoms with Crippen molar-refractivity contribution < 1.29 is 9.53 Å². The van der Waals surface area contributed by atoms with Crippen molar-refractivity contribution >= 4 is 21.8 Å². The average Bonchev–Trinajstić information content (AvgIpc) is 2.32. The molecule has 0 atom stereocenters. The van der Waals surface area contributed by atoms with E-state index in [0.717, 1.165) is 25.9 Å². The van der Waals surface area contributed by atoms with E-state index in [0.29, 0.717) is 15.9 Å². The van der Waals surface area contributed by atoms with Crippen molar-refractivity contribution in [2.75, 3.05) is 13.1 Å². The summed E-state index contributed by atoms with van der Waals surface area (Å²) in [5.41, 5.74) is 5.61. The Morgan fingerprint density at radius 3 is 2.88 bits per heavy atom. The molecule has 1 saturated heterocycles. The highest BCUT2D eigenvalue weighted by molar-refractivity contribution is 9.10. The lowest BCUT2D eigenvalue weighted by Gasteiger charge is -2.23. The summed E-state index contributed by atoms with van der Waals surface area (Å²) in [4.78, 5) is 15.4. The first-order chi connectivity index (χ1) is 8.16. The van der Waals surface area contributed by atoms with Crippen molar-refractivity contribution in [3.05, 3.63) is 22.3 Å². The number of aromatic nitrogens is 1. The average molecular weight is 300 g/mol. The number of piperidine rings is 1. The Morgan fingerprint density at radius 1 is 1.53 bits per heavy atom. The summed E-state index contributed by atoms with van der Waals surface area (Å²) in [6.45, 7) is 1.85. The lowest BCUT2D eigenvalue weighted by Crippen LogP contribution is -2.34. The zero-order valence-corrected chi connectivity index (χ0v) is 10.9. The molecule has 0 bridgehead atoms. The van der Waals surface area contributed by atoms with Gasteiger partial charge in [0.25, 0.3) is 5.91 Å². The maximum absolute atomic E-state index is 11.3. The van der Waals surface area contributed by atoms with E-state index in [1.165, 1.54) is 0 Å². The van der Waals surface area contributed by atoms with E-state index in [1.807, 2.05) is 0 Å². The summed E-state index contributed by atoms with van der Waals surface area (Å²) in [6, 6.07) is 1.63. The minimum Gasteiger partial charge on any atom is -0.474 e. The molecule has 3 N–H and O–H groups in total. The van der Waals surface area contributed by atoms with Gasteiger partial charge in [0.05, 0.1) is 0 Å². The fourth-order valence-electron chi connectivity index (χ4n) is 1.77. The van der Waals surface area contributed by atoms with Crippen LogP contribution in [-0.4, -0.2) is 30.1 Å². The summed E-state index contributed by atoms with van der Waals surface area (Å²) >= 11 is 3.25. The highest BCUT2D eigenvalue weighted by atomic mass is 79.9. The van der Waals surface area contributed by atoms with Gasteiger partial charge in [0.2, 0.25) is 5.88 Å². The second kappa shape index (κ2) is 5.46. The van der Waals surface area contributed by atoms with Crippen LogP contribution in [0.2, 0.25) is 0 Å². The summed E-state index contributed by atoms with van der Waals surface area (Å²) < 4.78 is 6.44. The van der Waals surface area contributed by atoms with Gasteiger partial charge in [-0.25, -0.2) is 4.98 Å². The first-order valence-electron chi connectivity index (χ1n) is 5.49. The van der Waals surface area contributed by atoms with Crippen LogP contribution in [-0.2, 0) is 0 Å². The van der Waals surface area contributed by atoms with Crippen LogP contribution in [0, 0.1) is 0 Å². The molecule has 0 saturated carbocycles. The molecular weight excluding hydrogens is 286 g/mol. The molecule has 0 aromatic carbocycles. The Morgan fingerprint density at radius 2 is 2.24 bits per heavy atom. The fourth-order valence-corrected chi connectivity index (χ4v) is 2.10. The van der Waals surface area contributed by atoms with Gasteiger partial charge in [0.15, 0.2) is 0 Å². The van der Waals surface area contributed by atoms with Gasteiger partial charge in [-0.15, -0.1) is 0 Å². The number of pyridine rings is 1. The van der Waals surface area contributed by atoms with Crippen molar-refractivity contribution in [1.29, 1.82) is 0 Å². The first kappa shape index (κ1) is 12.3. The normalized spacial score (nSPS) is 16.8. The van der Waals surface area contributed by atoms with Gasteiger partial charge in [-0.1, -0.05) is 0 Å². The van der Waals surface area contributed by atoms with E-state index >= 15 is 0 Å². The van der Waals surface area contributed by atoms with Crippen molar-refractivity contribution in [1.82, 2.24) is 10.3 Å². The molecule has 1 aliphatic heterocycles. The van der Waals surface area contributed by atoms with E-state index in [2.05, 4.69) is 26.2 Å². The summed E-state index contributed by atoms with van der Waals surface area (Å²) in [7, 11) is 0. The number of amides is 1. The number of carbonyl (C=O) groups excluding carboxylic acids is 1. The van der Waals surface area contributed by atoms with Gasteiger partial charge in [-0.3, -0.25) is 4.79 Å². The maximum atomic E-state index is 11.3. The van der Waals surface area contributed by atoms with Crippen LogP contribution in [0.5, 0.6) is 5.88 Å². The molecule has 5 nitrogen and oxygen atoms in total. The SMILES string of the molecule is NC(=O)c1cc(Br)cnc1OC1CCNCC1. The zero-order chi connectivity index (χ0) is 12.3. The van der Waals surface area contributed by atoms with Gasteiger partial charge < -0.3 is 15.8 Å². The van der Waals surface area contributed by atoms with Crippen molar-refractivity contribution in [2.24, 2.45) is 5.73 Å². The zero-order valence-electron chi connectivity index (χ0n) is 9.28. The van der Waals surface area contributed by atoms with E-state index in [-0.39, 0.29) is 6.10 Å². The van der Waals surface area contributed by atoms with E-state index in [4.69, 9.17) is 10.5 Å². The third kappa shape index (κ3) is 3.17. The van der Waals surface area contributed by atoms with Crippen LogP contribution >= 0.6 is 15.9 Å². The van der Waals surface area contributed by atoms with Crippen molar-refractivity contribution in [2.45, 2.75) is 18.9 Å². The largest absolute Gasteiger partial charge is 0.474 e. The Balaban J connectivity index is 2.16. The second-order valence-electron chi connectivity index (χ2n) is 3.94. The summed E-state index contributed by atoms with van der Waals surface area (Å²) in [5.74, 6) is -0.199. The van der Waals surface area contributed by atoms with Gasteiger partial charge >= 0.3 is 0 Å². The molecule has 92 valence electrons. The van der Waals surface area contributed by atoms with Crippen LogP contribution in [0.1, 0.15) is 23.2 Å². The topological polar surface area (TPSA) is 77.2 Å². The summed E-state index contributed by atoms with van der Waals surface area (Å²) in [5, 5.41) is 3.25. The molecule has 0 radical (unpaired) electrons. The molecule has 1 aromatic heterocycles. The maximum Gasteiger partial charge on any atom is 0.254 e. The highest BCUT2D eigenvalue weighted by Gasteiger charge is 2.19. The highest BCUT2D eigenvalue weighted by Crippen LogP contribution is 2.22. The minimum atomic E-state index is -0.525. The van der Waals surface area contributed by atoms with Crippen molar-refractivity contribution in [3.63, 3.8) is 0 Å². The van der Waals surface area contributed by atoms with E-state index in [1.54, 1.807) is 12.3 Å². The summed E-state index contributed by atoms with van der Waals surface area (Å²) in [6.07, 6.45) is 3.53. The lowest BCUT2D eigenvalue weighted by molar-refractivity contribution is 0.0986. The van der Waals surface area contributed by atoms with Gasteiger partial charge in [0.1, 0.15) is 11.7 Å². The number of hydrogen-bond donors (Lipinski definition) is 2. The Labute approximate surface area is 108 Å². The third-order valence-corrected chi connectivity index (χ3v) is 3.08. The lowest BCUT2D eigenvalue weighted by atomic mass is 10.1. The van der Waals surface area contributed by atoms with Crippen molar-refractivity contribution in [3.8, 4) is 5.88 Å². The molecule has 17 heavy (non-hydrogen) atoms. The molecule has 1 aliphatic rings. The fraction of sp³-hybridized carbons (Fsp3) is 0.455. The third-order valence-electron chi connectivity index (χ3n) is 2.65. The quantitative estimate of drug-likeness (QED) is 0.875. The van der Waals surface area contributed by atoms with Crippen LogP contribution in [0.15, 0.2) is 16.7 Å². The molecule has 1 fully saturated rings. The number of nitrogens with zero attached hydrogens (tertiary/aromatic N) is 1. The number of ether oxygens (including phenoxy) is 1. The van der Waals surface area contributed by atoms with Gasteiger partial charge in [-0.05, 0) is 47.9 Å². The predicted octanol–water partition coefficient (Wildman–Crippen LogP) is 1.07. The number of hydrogen-bond acceptors (Lipinski definition) is 4. The molecule has 0 unspecified atom stereocenters. The Kier molecular flexibility index (Phi) is 3.96. The van der Waals surface area contributed by atoms with E-state index < -0.39 is 5.91 Å². The van der Waals surface area contributed by atoms with E-state index in [9.17, 15) is 4.79 Å². The minimum absolute atomic E-state index is 0.100. The number of rotatable bonds is 3. The standard InChI is InChI=1S/C11H14BrN3O2/c12-7-5-9(10(13)16)11(15-6-7)17-8-1-3-14-4-2-8/h5-6,8,14H,1-4H2,(H2,13,16). The first-order valence-corrected chi connectivity index (χ1v) is 6.29. The number of nitrogens with one attached hydrogen (secondary N) is 1. The number of halogens is 1. The second-order valence-corrected chi connectivity index (χ2v) is 4.85. The molecule has 6 heteroatoms. The molecule has 0 aliphatic carbocycles. The number of nitrogens with two attached hydrogens (primary N) is 1. The van der Waals surface area contributed by atoms with Gasteiger partial charge in [0, 0.05) is 10.7 Å². The molecule has 1 aromatic rings. The monoisotopic (exact) mass is 299 g/mol. The molecule has 0 spiro atoms. The molecule has 1 amide bonds. The van der Waals surface area contributed by atoms with Crippen LogP contribution in [0.3, 0.4) is 0 Å². The van der Waals surface area contributed by atoms with Crippen LogP contribution < -0.4 is 15.8 Å².